The number of nitrogens with one attached hydrogen (secondary N) is 1. The third-order valence-corrected chi connectivity index (χ3v) is 1.41. The number of halogens is 1. The van der Waals surface area contributed by atoms with Crippen LogP contribution in [0.2, 0.25) is 0 Å². The van der Waals surface area contributed by atoms with Crippen LogP contribution < -0.4 is 5.32 Å². The predicted octanol–water partition coefficient (Wildman–Crippen LogP) is 1.50. The molecule has 0 aliphatic heterocycles. The Labute approximate surface area is 95.9 Å². The summed E-state index contributed by atoms with van der Waals surface area (Å²) >= 11 is 0. The summed E-state index contributed by atoms with van der Waals surface area (Å²) in [4.78, 5) is 21.6. The number of rotatable bonds is 6. The van der Waals surface area contributed by atoms with Gasteiger partial charge >= 0.3 is 12.1 Å². The zero-order chi connectivity index (χ0) is 10.8. The number of esters is 1. The molecule has 0 aromatic rings. The van der Waals surface area contributed by atoms with Gasteiger partial charge in [0.25, 0.3) is 0 Å². The van der Waals surface area contributed by atoms with Crippen LogP contribution in [0.1, 0.15) is 26.7 Å². The largest absolute Gasteiger partial charge is 0.466 e. The van der Waals surface area contributed by atoms with Crippen molar-refractivity contribution >= 4 is 24.5 Å². The molecule has 5 nitrogen and oxygen atoms in total. The van der Waals surface area contributed by atoms with E-state index in [1.54, 1.807) is 13.8 Å². The maximum Gasteiger partial charge on any atom is 0.407 e. The van der Waals surface area contributed by atoms with E-state index in [4.69, 9.17) is 4.74 Å². The summed E-state index contributed by atoms with van der Waals surface area (Å²) in [6, 6.07) is 0. The highest BCUT2D eigenvalue weighted by molar-refractivity contribution is 5.85. The van der Waals surface area contributed by atoms with Crippen LogP contribution in [0.4, 0.5) is 4.79 Å². The monoisotopic (exact) mass is 239 g/mol. The maximum atomic E-state index is 10.8. The second kappa shape index (κ2) is 11.1. The van der Waals surface area contributed by atoms with Crippen molar-refractivity contribution in [1.29, 1.82) is 0 Å². The molecule has 0 rings (SSSR count). The third kappa shape index (κ3) is 11.0. The molecule has 0 unspecified atom stereocenters. The van der Waals surface area contributed by atoms with Crippen molar-refractivity contribution in [3.05, 3.63) is 0 Å². The Hall–Kier alpha value is -0.970. The minimum atomic E-state index is -0.448. The molecule has 0 aromatic carbocycles. The summed E-state index contributed by atoms with van der Waals surface area (Å²) in [5.41, 5.74) is 0. The van der Waals surface area contributed by atoms with Crippen LogP contribution in [0.5, 0.6) is 0 Å². The van der Waals surface area contributed by atoms with Gasteiger partial charge in [-0.15, -0.1) is 12.4 Å². The molecule has 0 aliphatic carbocycles. The molecule has 6 heteroatoms. The Morgan fingerprint density at radius 2 is 1.73 bits per heavy atom. The molecule has 0 saturated heterocycles. The van der Waals surface area contributed by atoms with E-state index in [2.05, 4.69) is 10.1 Å². The molecular formula is C9H18ClNO4. The first kappa shape index (κ1) is 16.5. The van der Waals surface area contributed by atoms with Crippen molar-refractivity contribution < 1.29 is 19.1 Å². The molecule has 90 valence electrons. The Morgan fingerprint density at radius 1 is 1.13 bits per heavy atom. The van der Waals surface area contributed by atoms with Gasteiger partial charge < -0.3 is 14.8 Å². The van der Waals surface area contributed by atoms with Gasteiger partial charge in [-0.25, -0.2) is 4.79 Å². The summed E-state index contributed by atoms with van der Waals surface area (Å²) in [6.07, 6.45) is 0.439. The smallest absolute Gasteiger partial charge is 0.407 e. The fourth-order valence-corrected chi connectivity index (χ4v) is 0.838. The number of alkyl carbamates (subject to hydrolysis) is 1. The molecule has 0 aromatic heterocycles. The molecule has 0 radical (unpaired) electrons. The van der Waals surface area contributed by atoms with Gasteiger partial charge in [-0.1, -0.05) is 0 Å². The molecule has 1 amide bonds. The van der Waals surface area contributed by atoms with Gasteiger partial charge in [0.2, 0.25) is 0 Å². The maximum absolute atomic E-state index is 10.8. The van der Waals surface area contributed by atoms with Crippen LogP contribution in [0.3, 0.4) is 0 Å². The van der Waals surface area contributed by atoms with Crippen molar-refractivity contribution in [2.24, 2.45) is 0 Å². The van der Waals surface area contributed by atoms with Crippen LogP contribution in [0.25, 0.3) is 0 Å². The Bertz CT molecular complexity index is 167. The van der Waals surface area contributed by atoms with Crippen LogP contribution in [0, 0.1) is 0 Å². The third-order valence-electron chi connectivity index (χ3n) is 1.41. The molecule has 1 N–H and O–H groups in total. The summed E-state index contributed by atoms with van der Waals surface area (Å²) in [6.45, 7) is 4.67. The highest BCUT2D eigenvalue weighted by Gasteiger charge is 2.02. The van der Waals surface area contributed by atoms with Gasteiger partial charge in [0, 0.05) is 13.0 Å². The lowest BCUT2D eigenvalue weighted by Gasteiger charge is -2.04. The Morgan fingerprint density at radius 3 is 2.27 bits per heavy atom. The van der Waals surface area contributed by atoms with E-state index in [9.17, 15) is 9.59 Å². The highest BCUT2D eigenvalue weighted by atomic mass is 35.5. The number of amides is 1. The van der Waals surface area contributed by atoms with Crippen LogP contribution in [0.15, 0.2) is 0 Å². The van der Waals surface area contributed by atoms with Crippen LogP contribution in [-0.2, 0) is 14.3 Å². The van der Waals surface area contributed by atoms with Crippen molar-refractivity contribution in [3.8, 4) is 0 Å². The van der Waals surface area contributed by atoms with E-state index >= 15 is 0 Å². The van der Waals surface area contributed by atoms with Crippen molar-refractivity contribution in [2.45, 2.75) is 26.7 Å². The highest BCUT2D eigenvalue weighted by Crippen LogP contribution is 1.91. The van der Waals surface area contributed by atoms with E-state index in [-0.39, 0.29) is 18.4 Å². The first-order valence-corrected chi connectivity index (χ1v) is 4.77. The molecule has 0 atom stereocenters. The number of carbonyl (C=O) groups excluding carboxylic acids is 2. The lowest BCUT2D eigenvalue weighted by Crippen LogP contribution is -2.25. The van der Waals surface area contributed by atoms with Crippen molar-refractivity contribution in [3.63, 3.8) is 0 Å². The lowest BCUT2D eigenvalue weighted by atomic mass is 10.3. The standard InChI is InChI=1S/C9H17NO4.ClH/c1-3-13-8(11)6-5-7-10-9(12)14-4-2;/h3-7H2,1-2H3,(H,10,12);1H. The SMILES string of the molecule is CCOC(=O)CCCNC(=O)OCC.Cl. The topological polar surface area (TPSA) is 64.6 Å². The minimum absolute atomic E-state index is 0. The number of hydrogen-bond acceptors (Lipinski definition) is 4. The molecule has 0 saturated carbocycles. The minimum Gasteiger partial charge on any atom is -0.466 e. The normalized spacial score (nSPS) is 8.67. The number of ether oxygens (including phenoxy) is 2. The second-order valence-corrected chi connectivity index (χ2v) is 2.56. The van der Waals surface area contributed by atoms with Gasteiger partial charge in [0.15, 0.2) is 0 Å². The first-order chi connectivity index (χ1) is 6.70. The zero-order valence-electron chi connectivity index (χ0n) is 9.08. The zero-order valence-corrected chi connectivity index (χ0v) is 9.89. The van der Waals surface area contributed by atoms with E-state index < -0.39 is 6.09 Å². The summed E-state index contributed by atoms with van der Waals surface area (Å²) in [5, 5.41) is 2.51. The molecule has 0 spiro atoms. The van der Waals surface area contributed by atoms with Gasteiger partial charge in [0.1, 0.15) is 0 Å². The first-order valence-electron chi connectivity index (χ1n) is 4.77. The van der Waals surface area contributed by atoms with Crippen LogP contribution >= 0.6 is 12.4 Å². The van der Waals surface area contributed by atoms with Crippen molar-refractivity contribution in [1.82, 2.24) is 5.32 Å². The molecule has 0 aliphatic rings. The lowest BCUT2D eigenvalue weighted by molar-refractivity contribution is -0.143. The second-order valence-electron chi connectivity index (χ2n) is 2.56. The molecule has 0 bridgehead atoms. The molecule has 0 fully saturated rings. The van der Waals surface area contributed by atoms with Gasteiger partial charge in [-0.05, 0) is 20.3 Å². The summed E-state index contributed by atoms with van der Waals surface area (Å²) in [7, 11) is 0. The average molecular weight is 240 g/mol. The molecule has 15 heavy (non-hydrogen) atoms. The van der Waals surface area contributed by atoms with Gasteiger partial charge in [-0.3, -0.25) is 4.79 Å². The van der Waals surface area contributed by atoms with E-state index in [1.165, 1.54) is 0 Å². The number of hydrogen-bond donors (Lipinski definition) is 1. The van der Waals surface area contributed by atoms with E-state index in [1.807, 2.05) is 0 Å². The number of carbonyl (C=O) groups is 2. The Kier molecular flexibility index (Phi) is 12.2. The predicted molar refractivity (Wildman–Crippen MR) is 58.1 cm³/mol. The average Bonchev–Trinajstić information content (AvgIpc) is 2.13. The fourth-order valence-electron chi connectivity index (χ4n) is 0.838. The summed E-state index contributed by atoms with van der Waals surface area (Å²) < 4.78 is 9.34. The van der Waals surface area contributed by atoms with E-state index in [0.717, 1.165) is 0 Å². The van der Waals surface area contributed by atoms with Gasteiger partial charge in [-0.2, -0.15) is 0 Å². The van der Waals surface area contributed by atoms with Crippen molar-refractivity contribution in [2.75, 3.05) is 19.8 Å². The Balaban J connectivity index is 0. The quantitative estimate of drug-likeness (QED) is 0.564. The van der Waals surface area contributed by atoms with E-state index in [0.29, 0.717) is 32.6 Å². The molecule has 0 heterocycles. The molecular weight excluding hydrogens is 222 g/mol. The fraction of sp³-hybridized carbons (Fsp3) is 0.778. The van der Waals surface area contributed by atoms with Crippen LogP contribution in [-0.4, -0.2) is 31.8 Å². The van der Waals surface area contributed by atoms with Gasteiger partial charge in [0.05, 0.1) is 13.2 Å². The summed E-state index contributed by atoms with van der Waals surface area (Å²) in [5.74, 6) is -0.238.